The first-order chi connectivity index (χ1) is 11.6. The summed E-state index contributed by atoms with van der Waals surface area (Å²) in [6.45, 7) is -0.566. The van der Waals surface area contributed by atoms with E-state index in [0.29, 0.717) is 0 Å². The highest BCUT2D eigenvalue weighted by atomic mass is 19.4. The topological polar surface area (TPSA) is 56.1 Å². The number of ether oxygens (including phenoxy) is 1. The molecule has 11 heteroatoms. The third-order valence-corrected chi connectivity index (χ3v) is 2.96. The Balaban J connectivity index is 2.36. The molecule has 0 radical (unpaired) electrons. The highest BCUT2D eigenvalue weighted by Crippen LogP contribution is 2.30. The van der Waals surface area contributed by atoms with Crippen molar-refractivity contribution in [3.05, 3.63) is 30.3 Å². The third kappa shape index (κ3) is 5.69. The molecule has 25 heavy (non-hydrogen) atoms. The van der Waals surface area contributed by atoms with Gasteiger partial charge in [0.05, 0.1) is 18.7 Å². The second-order valence-corrected chi connectivity index (χ2v) is 4.84. The summed E-state index contributed by atoms with van der Waals surface area (Å²) in [6, 6.07) is 5.95. The first-order valence-electron chi connectivity index (χ1n) is 6.78. The zero-order chi connectivity index (χ0) is 18.7. The lowest BCUT2D eigenvalue weighted by molar-refractivity contribution is -0.274. The summed E-state index contributed by atoms with van der Waals surface area (Å²) in [5, 5.41) is 5.98. The fourth-order valence-corrected chi connectivity index (χ4v) is 2.04. The number of carbonyl (C=O) groups excluding carboxylic acids is 1. The molecule has 0 saturated carbocycles. The predicted molar refractivity (Wildman–Crippen MR) is 74.7 cm³/mol. The lowest BCUT2D eigenvalue weighted by atomic mass is 10.1. The molecule has 1 N–H and O–H groups in total. The summed E-state index contributed by atoms with van der Waals surface area (Å²) in [4.78, 5) is 10.5. The van der Waals surface area contributed by atoms with E-state index in [0.717, 1.165) is 16.8 Å². The molecule has 0 saturated heterocycles. The van der Waals surface area contributed by atoms with Gasteiger partial charge in [0.15, 0.2) is 5.82 Å². The van der Waals surface area contributed by atoms with Gasteiger partial charge in [-0.2, -0.15) is 18.3 Å². The quantitative estimate of drug-likeness (QED) is 0.621. The lowest BCUT2D eigenvalue weighted by Gasteiger charge is -2.12. The van der Waals surface area contributed by atoms with Crippen molar-refractivity contribution in [2.45, 2.75) is 25.5 Å². The SMILES string of the molecule is O=CNc1cc(-c2cccc(OC(F)(F)F)c2)n(CCC(F)(F)F)n1. The molecule has 0 aliphatic heterocycles. The average Bonchev–Trinajstić information content (AvgIpc) is 2.86. The fourth-order valence-electron chi connectivity index (χ4n) is 2.04. The van der Waals surface area contributed by atoms with Crippen LogP contribution in [0.2, 0.25) is 0 Å². The van der Waals surface area contributed by atoms with Gasteiger partial charge in [-0.25, -0.2) is 0 Å². The largest absolute Gasteiger partial charge is 0.573 e. The molecule has 0 aliphatic carbocycles. The van der Waals surface area contributed by atoms with Crippen LogP contribution < -0.4 is 10.1 Å². The smallest absolute Gasteiger partial charge is 0.406 e. The number of hydrogen-bond acceptors (Lipinski definition) is 3. The maximum Gasteiger partial charge on any atom is 0.573 e. The van der Waals surface area contributed by atoms with Crippen molar-refractivity contribution in [2.75, 3.05) is 5.32 Å². The molecule has 1 aromatic heterocycles. The Bertz CT molecular complexity index is 739. The van der Waals surface area contributed by atoms with E-state index >= 15 is 0 Å². The number of halogens is 6. The molecule has 0 atom stereocenters. The molecule has 136 valence electrons. The van der Waals surface area contributed by atoms with Crippen LogP contribution in [0.4, 0.5) is 32.2 Å². The van der Waals surface area contributed by atoms with Crippen LogP contribution in [0.5, 0.6) is 5.75 Å². The Labute approximate surface area is 137 Å². The average molecular weight is 367 g/mol. The van der Waals surface area contributed by atoms with Gasteiger partial charge in [0, 0.05) is 11.6 Å². The minimum absolute atomic E-state index is 0.0330. The molecule has 0 fully saturated rings. The Morgan fingerprint density at radius 1 is 1.16 bits per heavy atom. The summed E-state index contributed by atoms with van der Waals surface area (Å²) in [5.41, 5.74) is 0.247. The van der Waals surface area contributed by atoms with Crippen molar-refractivity contribution in [3.8, 4) is 17.0 Å². The van der Waals surface area contributed by atoms with Gasteiger partial charge < -0.3 is 10.1 Å². The maximum atomic E-state index is 12.4. The Morgan fingerprint density at radius 2 is 1.88 bits per heavy atom. The van der Waals surface area contributed by atoms with Crippen LogP contribution in [-0.2, 0) is 11.3 Å². The number of amides is 1. The van der Waals surface area contributed by atoms with Gasteiger partial charge in [0.1, 0.15) is 5.75 Å². The van der Waals surface area contributed by atoms with Gasteiger partial charge in [-0.05, 0) is 12.1 Å². The van der Waals surface area contributed by atoms with Crippen LogP contribution in [-0.4, -0.2) is 28.7 Å². The van der Waals surface area contributed by atoms with Crippen molar-refractivity contribution in [1.82, 2.24) is 9.78 Å². The summed E-state index contributed by atoms with van der Waals surface area (Å²) in [6.07, 6.45) is -10.3. The van der Waals surface area contributed by atoms with Crippen LogP contribution in [0.15, 0.2) is 30.3 Å². The molecule has 0 bridgehead atoms. The highest BCUT2D eigenvalue weighted by molar-refractivity contribution is 5.73. The van der Waals surface area contributed by atoms with Gasteiger partial charge >= 0.3 is 12.5 Å². The number of aryl methyl sites for hydroxylation is 1. The molecule has 2 aromatic rings. The number of anilines is 1. The normalized spacial score (nSPS) is 12.1. The predicted octanol–water partition coefficient (Wildman–Crippen LogP) is 3.97. The summed E-state index contributed by atoms with van der Waals surface area (Å²) >= 11 is 0. The first-order valence-corrected chi connectivity index (χ1v) is 6.78. The van der Waals surface area contributed by atoms with E-state index in [-0.39, 0.29) is 23.5 Å². The number of nitrogens with one attached hydrogen (secondary N) is 1. The number of benzene rings is 1. The lowest BCUT2D eigenvalue weighted by Crippen LogP contribution is -2.17. The van der Waals surface area contributed by atoms with Gasteiger partial charge in [-0.1, -0.05) is 12.1 Å². The summed E-state index contributed by atoms with van der Waals surface area (Å²) < 4.78 is 78.9. The standard InChI is InChI=1S/C14H11F6N3O2/c15-13(16,17)4-5-23-11(7-12(22-23)21-8-24)9-2-1-3-10(6-9)25-14(18,19)20/h1-3,6-8H,4-5H2,(H,21,22,24). The number of nitrogens with zero attached hydrogens (tertiary/aromatic N) is 2. The van der Waals surface area contributed by atoms with Crippen LogP contribution in [0.25, 0.3) is 11.3 Å². The van der Waals surface area contributed by atoms with Crippen molar-refractivity contribution in [3.63, 3.8) is 0 Å². The van der Waals surface area contributed by atoms with Gasteiger partial charge in [0.2, 0.25) is 6.41 Å². The van der Waals surface area contributed by atoms with E-state index < -0.39 is 31.3 Å². The van der Waals surface area contributed by atoms with E-state index in [1.54, 1.807) is 0 Å². The molecule has 2 rings (SSSR count). The fraction of sp³-hybridized carbons (Fsp3) is 0.286. The molecular formula is C14H11F6N3O2. The van der Waals surface area contributed by atoms with Crippen LogP contribution in [0, 0.1) is 0 Å². The van der Waals surface area contributed by atoms with Crippen LogP contribution in [0.1, 0.15) is 6.42 Å². The van der Waals surface area contributed by atoms with Crippen molar-refractivity contribution >= 4 is 12.2 Å². The Kier molecular flexibility index (Phi) is 5.24. The van der Waals surface area contributed by atoms with E-state index in [2.05, 4.69) is 15.2 Å². The van der Waals surface area contributed by atoms with Crippen LogP contribution in [0.3, 0.4) is 0 Å². The minimum Gasteiger partial charge on any atom is -0.406 e. The molecule has 0 aliphatic rings. The number of rotatable bonds is 6. The minimum atomic E-state index is -4.90. The van der Waals surface area contributed by atoms with E-state index in [4.69, 9.17) is 0 Å². The van der Waals surface area contributed by atoms with Crippen molar-refractivity contribution in [1.29, 1.82) is 0 Å². The Hall–Kier alpha value is -2.72. The molecular weight excluding hydrogens is 356 g/mol. The van der Waals surface area contributed by atoms with Gasteiger partial charge in [0.25, 0.3) is 0 Å². The number of aromatic nitrogens is 2. The summed E-state index contributed by atoms with van der Waals surface area (Å²) in [5.74, 6) is -0.562. The second-order valence-electron chi connectivity index (χ2n) is 4.84. The molecule has 0 spiro atoms. The molecule has 5 nitrogen and oxygen atoms in total. The number of alkyl halides is 6. The molecule has 1 aromatic carbocycles. The van der Waals surface area contributed by atoms with Gasteiger partial charge in [-0.3, -0.25) is 9.48 Å². The number of carbonyl (C=O) groups is 1. The highest BCUT2D eigenvalue weighted by Gasteiger charge is 2.31. The first kappa shape index (κ1) is 18.6. The monoisotopic (exact) mass is 367 g/mol. The van der Waals surface area contributed by atoms with Crippen LogP contribution >= 0.6 is 0 Å². The second kappa shape index (κ2) is 7.03. The Morgan fingerprint density at radius 3 is 2.48 bits per heavy atom. The zero-order valence-electron chi connectivity index (χ0n) is 12.4. The third-order valence-electron chi connectivity index (χ3n) is 2.96. The molecule has 0 unspecified atom stereocenters. The number of hydrogen-bond donors (Lipinski definition) is 1. The van der Waals surface area contributed by atoms with Crippen molar-refractivity contribution < 1.29 is 35.9 Å². The maximum absolute atomic E-state index is 12.4. The van der Waals surface area contributed by atoms with Gasteiger partial charge in [-0.15, -0.1) is 13.2 Å². The van der Waals surface area contributed by atoms with E-state index in [1.807, 2.05) is 0 Å². The molecule has 1 heterocycles. The van der Waals surface area contributed by atoms with E-state index in [1.165, 1.54) is 18.2 Å². The van der Waals surface area contributed by atoms with E-state index in [9.17, 15) is 31.1 Å². The zero-order valence-corrected chi connectivity index (χ0v) is 12.4. The summed E-state index contributed by atoms with van der Waals surface area (Å²) in [7, 11) is 0. The van der Waals surface area contributed by atoms with Crippen molar-refractivity contribution in [2.24, 2.45) is 0 Å². The molecule has 1 amide bonds.